The Hall–Kier alpha value is -1.97. The van der Waals surface area contributed by atoms with Gasteiger partial charge in [-0.3, -0.25) is 4.79 Å². The fraction of sp³-hybridized carbons (Fsp3) is 0.654. The lowest BCUT2D eigenvalue weighted by molar-refractivity contribution is -0.120. The number of rotatable bonds is 3. The standard InChI is InChI=1S/C26H35NO3/c1-25-13-6-7-18(25)16-10-11-22-26(2,19(16)12-14-25)15-17(24(28)27-22)23-20(29-3)8-5-9-21(23)30-4/h5,8-9,15-16,18-19,22H,6-7,10-14H2,1-4H3,(H,27,28)/t16-,18-,19-,22+,25-,26+/m0/s1. The number of benzene rings is 1. The minimum Gasteiger partial charge on any atom is -0.496 e. The molecule has 0 unspecified atom stereocenters. The van der Waals surface area contributed by atoms with Crippen molar-refractivity contribution in [3.8, 4) is 11.5 Å². The highest BCUT2D eigenvalue weighted by molar-refractivity contribution is 6.22. The molecule has 4 nitrogen and oxygen atoms in total. The van der Waals surface area contributed by atoms with E-state index >= 15 is 0 Å². The van der Waals surface area contributed by atoms with Gasteiger partial charge in [-0.15, -0.1) is 0 Å². The molecule has 5 rings (SSSR count). The Morgan fingerprint density at radius 1 is 0.967 bits per heavy atom. The Kier molecular flexibility index (Phi) is 4.68. The van der Waals surface area contributed by atoms with Crippen LogP contribution in [0.3, 0.4) is 0 Å². The summed E-state index contributed by atoms with van der Waals surface area (Å²) in [5.41, 5.74) is 2.01. The molecule has 3 fully saturated rings. The predicted molar refractivity (Wildman–Crippen MR) is 118 cm³/mol. The number of fused-ring (bicyclic) bond motifs is 5. The molecule has 1 N–H and O–H groups in total. The second kappa shape index (κ2) is 7.03. The van der Waals surface area contributed by atoms with E-state index in [4.69, 9.17) is 9.47 Å². The Morgan fingerprint density at radius 2 is 1.70 bits per heavy atom. The highest BCUT2D eigenvalue weighted by Crippen LogP contribution is 2.63. The van der Waals surface area contributed by atoms with Crippen LogP contribution in [0.2, 0.25) is 0 Å². The molecular weight excluding hydrogens is 374 g/mol. The van der Waals surface area contributed by atoms with Crippen molar-refractivity contribution in [3.05, 3.63) is 29.8 Å². The zero-order chi connectivity index (χ0) is 21.1. The summed E-state index contributed by atoms with van der Waals surface area (Å²) < 4.78 is 11.3. The van der Waals surface area contributed by atoms with Crippen LogP contribution in [0.25, 0.3) is 5.57 Å². The lowest BCUT2D eigenvalue weighted by Crippen LogP contribution is -2.59. The van der Waals surface area contributed by atoms with E-state index < -0.39 is 0 Å². The number of ether oxygens (including phenoxy) is 2. The van der Waals surface area contributed by atoms with Crippen molar-refractivity contribution < 1.29 is 14.3 Å². The number of amides is 1. The van der Waals surface area contributed by atoms with Crippen molar-refractivity contribution >= 4 is 11.5 Å². The predicted octanol–water partition coefficient (Wildman–Crippen LogP) is 5.22. The number of hydrogen-bond donors (Lipinski definition) is 1. The number of carbonyl (C=O) groups is 1. The molecule has 0 bridgehead atoms. The molecule has 0 aromatic heterocycles. The van der Waals surface area contributed by atoms with Crippen LogP contribution < -0.4 is 14.8 Å². The zero-order valence-electron chi connectivity index (χ0n) is 18.8. The van der Waals surface area contributed by atoms with E-state index in [0.29, 0.717) is 28.4 Å². The Labute approximate surface area is 180 Å². The van der Waals surface area contributed by atoms with Crippen LogP contribution in [-0.4, -0.2) is 26.2 Å². The van der Waals surface area contributed by atoms with Crippen molar-refractivity contribution in [2.45, 2.75) is 64.8 Å². The largest absolute Gasteiger partial charge is 0.496 e. The molecule has 0 radical (unpaired) electrons. The fourth-order valence-electron chi connectivity index (χ4n) is 7.73. The third kappa shape index (κ3) is 2.75. The van der Waals surface area contributed by atoms with Gasteiger partial charge in [-0.05, 0) is 73.8 Å². The first-order chi connectivity index (χ1) is 14.4. The number of nitrogens with one attached hydrogen (secondary N) is 1. The molecule has 4 heteroatoms. The number of hydrogen-bond acceptors (Lipinski definition) is 3. The summed E-state index contributed by atoms with van der Waals surface area (Å²) in [6, 6.07) is 5.95. The third-order valence-electron chi connectivity index (χ3n) is 9.26. The fourth-order valence-corrected chi connectivity index (χ4v) is 7.73. The van der Waals surface area contributed by atoms with Crippen LogP contribution in [-0.2, 0) is 4.79 Å². The molecule has 0 spiro atoms. The van der Waals surface area contributed by atoms with Gasteiger partial charge in [0.1, 0.15) is 11.5 Å². The van der Waals surface area contributed by atoms with Crippen molar-refractivity contribution in [2.75, 3.05) is 14.2 Å². The topological polar surface area (TPSA) is 47.6 Å². The Balaban J connectivity index is 1.60. The molecule has 0 saturated heterocycles. The van der Waals surface area contributed by atoms with E-state index in [0.717, 1.165) is 23.8 Å². The minimum absolute atomic E-state index is 0.000221. The van der Waals surface area contributed by atoms with E-state index in [2.05, 4.69) is 25.2 Å². The van der Waals surface area contributed by atoms with E-state index in [-0.39, 0.29) is 17.4 Å². The molecule has 1 amide bonds. The van der Waals surface area contributed by atoms with Gasteiger partial charge in [-0.1, -0.05) is 32.4 Å². The normalized spacial score (nSPS) is 39.9. The second-order valence-corrected chi connectivity index (χ2v) is 10.5. The molecule has 162 valence electrons. The monoisotopic (exact) mass is 409 g/mol. The van der Waals surface area contributed by atoms with E-state index in [9.17, 15) is 4.79 Å². The van der Waals surface area contributed by atoms with E-state index in [1.165, 1.54) is 38.5 Å². The van der Waals surface area contributed by atoms with Crippen molar-refractivity contribution in [3.63, 3.8) is 0 Å². The summed E-state index contributed by atoms with van der Waals surface area (Å²) >= 11 is 0. The molecule has 1 aromatic carbocycles. The molecule has 1 aliphatic heterocycles. The average molecular weight is 410 g/mol. The van der Waals surface area contributed by atoms with E-state index in [1.807, 2.05) is 18.2 Å². The van der Waals surface area contributed by atoms with Gasteiger partial charge in [0, 0.05) is 11.5 Å². The Morgan fingerprint density at radius 3 is 2.40 bits per heavy atom. The van der Waals surface area contributed by atoms with Gasteiger partial charge in [0.25, 0.3) is 5.91 Å². The van der Waals surface area contributed by atoms with Gasteiger partial charge in [0.2, 0.25) is 0 Å². The van der Waals surface area contributed by atoms with Gasteiger partial charge in [0.05, 0.1) is 25.4 Å². The smallest absolute Gasteiger partial charge is 0.252 e. The molecule has 3 aliphatic carbocycles. The third-order valence-corrected chi connectivity index (χ3v) is 9.26. The quantitative estimate of drug-likeness (QED) is 0.745. The molecule has 3 saturated carbocycles. The summed E-state index contributed by atoms with van der Waals surface area (Å²) in [7, 11) is 3.31. The maximum absolute atomic E-state index is 13.2. The molecule has 30 heavy (non-hydrogen) atoms. The van der Waals surface area contributed by atoms with Crippen LogP contribution in [0.15, 0.2) is 24.3 Å². The number of methoxy groups -OCH3 is 2. The van der Waals surface area contributed by atoms with Crippen LogP contribution >= 0.6 is 0 Å². The summed E-state index contributed by atoms with van der Waals surface area (Å²) in [5, 5.41) is 3.39. The van der Waals surface area contributed by atoms with Gasteiger partial charge in [0.15, 0.2) is 0 Å². The molecular formula is C26H35NO3. The molecule has 1 heterocycles. The maximum Gasteiger partial charge on any atom is 0.252 e. The highest BCUT2D eigenvalue weighted by Gasteiger charge is 2.57. The summed E-state index contributed by atoms with van der Waals surface area (Å²) in [6.45, 7) is 4.94. The van der Waals surface area contributed by atoms with Crippen LogP contribution in [0.5, 0.6) is 11.5 Å². The van der Waals surface area contributed by atoms with Gasteiger partial charge in [-0.2, -0.15) is 0 Å². The SMILES string of the molecule is COc1cccc(OC)c1C1=C[C@@]2(C)[C@@H](CC[C@H]3[C@@H]4CCC[C@@]4(C)CC[C@@H]32)NC1=O. The second-order valence-electron chi connectivity index (χ2n) is 10.5. The summed E-state index contributed by atoms with van der Waals surface area (Å²) in [4.78, 5) is 13.2. The van der Waals surface area contributed by atoms with Gasteiger partial charge >= 0.3 is 0 Å². The Bertz CT molecular complexity index is 870. The lowest BCUT2D eigenvalue weighted by atomic mass is 9.48. The lowest BCUT2D eigenvalue weighted by Gasteiger charge is -2.58. The van der Waals surface area contributed by atoms with Crippen LogP contribution in [0.4, 0.5) is 0 Å². The average Bonchev–Trinajstić information content (AvgIpc) is 3.15. The van der Waals surface area contributed by atoms with Crippen molar-refractivity contribution in [1.82, 2.24) is 5.32 Å². The first-order valence-electron chi connectivity index (χ1n) is 11.7. The van der Waals surface area contributed by atoms with Crippen molar-refractivity contribution in [1.29, 1.82) is 0 Å². The molecule has 4 aliphatic rings. The first kappa shape index (κ1) is 20.0. The van der Waals surface area contributed by atoms with Crippen LogP contribution in [0.1, 0.15) is 64.4 Å². The number of carbonyl (C=O) groups excluding carboxylic acids is 1. The maximum atomic E-state index is 13.2. The molecule has 6 atom stereocenters. The first-order valence-corrected chi connectivity index (χ1v) is 11.7. The zero-order valence-corrected chi connectivity index (χ0v) is 18.8. The van der Waals surface area contributed by atoms with Crippen molar-refractivity contribution in [2.24, 2.45) is 28.6 Å². The molecule has 1 aromatic rings. The van der Waals surface area contributed by atoms with E-state index in [1.54, 1.807) is 14.2 Å². The summed E-state index contributed by atoms with van der Waals surface area (Å²) in [5.74, 6) is 3.64. The van der Waals surface area contributed by atoms with Gasteiger partial charge in [-0.25, -0.2) is 0 Å². The summed E-state index contributed by atoms with van der Waals surface area (Å²) in [6.07, 6.45) is 11.4. The van der Waals surface area contributed by atoms with Crippen LogP contribution in [0, 0.1) is 28.6 Å². The van der Waals surface area contributed by atoms with Gasteiger partial charge < -0.3 is 14.8 Å². The highest BCUT2D eigenvalue weighted by atomic mass is 16.5. The minimum atomic E-state index is -0.0258.